The normalized spacial score (nSPS) is 14.8. The summed E-state index contributed by atoms with van der Waals surface area (Å²) < 4.78 is 1.07. The fourth-order valence-corrected chi connectivity index (χ4v) is 3.01. The van der Waals surface area contributed by atoms with Crippen LogP contribution >= 0.6 is 27.7 Å². The number of thioether (sulfide) groups is 1. The Balaban J connectivity index is 2.80. The molecule has 0 spiro atoms. The maximum absolute atomic E-state index is 9.00. The molecule has 1 aromatic rings. The summed E-state index contributed by atoms with van der Waals surface area (Å²) in [5.41, 5.74) is 7.09. The van der Waals surface area contributed by atoms with E-state index >= 15 is 0 Å². The Morgan fingerprint density at radius 3 is 2.69 bits per heavy atom. The number of aliphatic hydroxyl groups is 1. The van der Waals surface area contributed by atoms with E-state index in [1.165, 1.54) is 10.5 Å². The average Bonchev–Trinajstić information content (AvgIpc) is 2.25. The van der Waals surface area contributed by atoms with E-state index in [1.54, 1.807) is 11.8 Å². The van der Waals surface area contributed by atoms with Gasteiger partial charge in [-0.1, -0.05) is 28.9 Å². The highest BCUT2D eigenvalue weighted by atomic mass is 79.9. The van der Waals surface area contributed by atoms with E-state index in [9.17, 15) is 0 Å². The number of aliphatic hydroxyl groups excluding tert-OH is 1. The maximum Gasteiger partial charge on any atom is 0.0464 e. The van der Waals surface area contributed by atoms with Crippen LogP contribution in [0, 0.1) is 5.92 Å². The van der Waals surface area contributed by atoms with Crippen molar-refractivity contribution in [1.82, 2.24) is 0 Å². The molecule has 0 radical (unpaired) electrons. The number of hydrogen-bond donors (Lipinski definition) is 2. The van der Waals surface area contributed by atoms with Gasteiger partial charge in [-0.15, -0.1) is 11.8 Å². The Hall–Kier alpha value is -0.0300. The minimum absolute atomic E-state index is 0.0417. The van der Waals surface area contributed by atoms with Crippen LogP contribution in [0.4, 0.5) is 0 Å². The first-order valence-electron chi connectivity index (χ1n) is 5.33. The second kappa shape index (κ2) is 6.64. The first-order valence-corrected chi connectivity index (χ1v) is 7.11. The third-order valence-electron chi connectivity index (χ3n) is 2.30. The van der Waals surface area contributed by atoms with Crippen molar-refractivity contribution in [3.63, 3.8) is 0 Å². The second-order valence-corrected chi connectivity index (χ2v) is 6.05. The number of rotatable bonds is 5. The second-order valence-electron chi connectivity index (χ2n) is 4.07. The van der Waals surface area contributed by atoms with Gasteiger partial charge in [0.05, 0.1) is 0 Å². The van der Waals surface area contributed by atoms with E-state index in [4.69, 9.17) is 10.8 Å². The lowest BCUT2D eigenvalue weighted by molar-refractivity contribution is 0.250. The molecular formula is C12H18BrNOS. The summed E-state index contributed by atoms with van der Waals surface area (Å²) in [6.07, 6.45) is 0. The molecule has 0 aliphatic rings. The lowest BCUT2D eigenvalue weighted by Gasteiger charge is -2.14. The molecule has 0 aliphatic heterocycles. The predicted octanol–water partition coefficient (Wildman–Crippen LogP) is 3.19. The van der Waals surface area contributed by atoms with E-state index in [1.807, 2.05) is 19.9 Å². The molecule has 4 heteroatoms. The molecule has 0 saturated heterocycles. The summed E-state index contributed by atoms with van der Waals surface area (Å²) in [5, 5.41) is 9.00. The Bertz CT molecular complexity index is 344. The SMILES string of the molecule is CC(CO)CSc1cc(Br)ccc1C(C)N. The quantitative estimate of drug-likeness (QED) is 0.821. The Labute approximate surface area is 110 Å². The van der Waals surface area contributed by atoms with Gasteiger partial charge in [0.25, 0.3) is 0 Å². The Kier molecular flexibility index (Phi) is 5.83. The zero-order chi connectivity index (χ0) is 12.1. The van der Waals surface area contributed by atoms with E-state index in [2.05, 4.69) is 28.1 Å². The molecular weight excluding hydrogens is 286 g/mol. The van der Waals surface area contributed by atoms with Gasteiger partial charge in [0.15, 0.2) is 0 Å². The number of nitrogens with two attached hydrogens (primary N) is 1. The van der Waals surface area contributed by atoms with Gasteiger partial charge in [0.2, 0.25) is 0 Å². The Morgan fingerprint density at radius 2 is 2.12 bits per heavy atom. The molecule has 90 valence electrons. The summed E-state index contributed by atoms with van der Waals surface area (Å²) in [5.74, 6) is 1.22. The van der Waals surface area contributed by atoms with Crippen molar-refractivity contribution in [1.29, 1.82) is 0 Å². The van der Waals surface area contributed by atoms with Crippen molar-refractivity contribution in [2.24, 2.45) is 11.7 Å². The molecule has 2 nitrogen and oxygen atoms in total. The van der Waals surface area contributed by atoms with Gasteiger partial charge in [0.1, 0.15) is 0 Å². The van der Waals surface area contributed by atoms with Crippen molar-refractivity contribution < 1.29 is 5.11 Å². The summed E-state index contributed by atoms with van der Waals surface area (Å²) in [6.45, 7) is 4.26. The van der Waals surface area contributed by atoms with Crippen LogP contribution in [0.25, 0.3) is 0 Å². The van der Waals surface area contributed by atoms with Gasteiger partial charge >= 0.3 is 0 Å². The number of hydrogen-bond acceptors (Lipinski definition) is 3. The topological polar surface area (TPSA) is 46.2 Å². The van der Waals surface area contributed by atoms with Crippen LogP contribution in [-0.4, -0.2) is 17.5 Å². The molecule has 0 amide bonds. The van der Waals surface area contributed by atoms with Crippen LogP contribution in [0.3, 0.4) is 0 Å². The van der Waals surface area contributed by atoms with Crippen LogP contribution in [0.1, 0.15) is 25.5 Å². The van der Waals surface area contributed by atoms with Crippen LogP contribution in [-0.2, 0) is 0 Å². The highest BCUT2D eigenvalue weighted by Crippen LogP contribution is 2.30. The standard InChI is InChI=1S/C12H18BrNOS/c1-8(6-15)7-16-12-5-10(13)3-4-11(12)9(2)14/h3-5,8-9,15H,6-7,14H2,1-2H3. The number of halogens is 1. The molecule has 0 fully saturated rings. The van der Waals surface area contributed by atoms with Gasteiger partial charge in [-0.2, -0.15) is 0 Å². The highest BCUT2D eigenvalue weighted by Gasteiger charge is 2.09. The summed E-state index contributed by atoms with van der Waals surface area (Å²) in [4.78, 5) is 1.20. The molecule has 16 heavy (non-hydrogen) atoms. The van der Waals surface area contributed by atoms with Gasteiger partial charge in [-0.05, 0) is 30.5 Å². The first kappa shape index (κ1) is 14.0. The van der Waals surface area contributed by atoms with Crippen LogP contribution in [0.2, 0.25) is 0 Å². The minimum atomic E-state index is 0.0417. The molecule has 0 aliphatic carbocycles. The first-order chi connectivity index (χ1) is 7.54. The zero-order valence-electron chi connectivity index (χ0n) is 9.61. The molecule has 3 N–H and O–H groups in total. The number of benzene rings is 1. The van der Waals surface area contributed by atoms with Gasteiger partial charge < -0.3 is 10.8 Å². The van der Waals surface area contributed by atoms with E-state index in [0.717, 1.165) is 10.2 Å². The third-order valence-corrected chi connectivity index (χ3v) is 4.19. The molecule has 2 unspecified atom stereocenters. The molecule has 0 aromatic heterocycles. The van der Waals surface area contributed by atoms with Crippen LogP contribution < -0.4 is 5.73 Å². The fourth-order valence-electron chi connectivity index (χ4n) is 1.29. The summed E-state index contributed by atoms with van der Waals surface area (Å²) in [7, 11) is 0. The van der Waals surface area contributed by atoms with E-state index in [0.29, 0.717) is 5.92 Å². The largest absolute Gasteiger partial charge is 0.396 e. The Morgan fingerprint density at radius 1 is 1.44 bits per heavy atom. The minimum Gasteiger partial charge on any atom is -0.396 e. The lowest BCUT2D eigenvalue weighted by Crippen LogP contribution is -2.08. The summed E-state index contributed by atoms with van der Waals surface area (Å²) in [6, 6.07) is 6.20. The highest BCUT2D eigenvalue weighted by molar-refractivity contribution is 9.10. The summed E-state index contributed by atoms with van der Waals surface area (Å²) >= 11 is 5.22. The predicted molar refractivity (Wildman–Crippen MR) is 73.7 cm³/mol. The van der Waals surface area contributed by atoms with Crippen LogP contribution in [0.15, 0.2) is 27.6 Å². The van der Waals surface area contributed by atoms with Gasteiger partial charge in [0, 0.05) is 27.8 Å². The fraction of sp³-hybridized carbons (Fsp3) is 0.500. The van der Waals surface area contributed by atoms with Crippen molar-refractivity contribution in [3.8, 4) is 0 Å². The van der Waals surface area contributed by atoms with Crippen LogP contribution in [0.5, 0.6) is 0 Å². The average molecular weight is 304 g/mol. The van der Waals surface area contributed by atoms with Gasteiger partial charge in [-0.3, -0.25) is 0 Å². The van der Waals surface area contributed by atoms with Gasteiger partial charge in [-0.25, -0.2) is 0 Å². The van der Waals surface area contributed by atoms with Crippen molar-refractivity contribution in [2.45, 2.75) is 24.8 Å². The lowest BCUT2D eigenvalue weighted by atomic mass is 10.1. The smallest absolute Gasteiger partial charge is 0.0464 e. The van der Waals surface area contributed by atoms with Crippen molar-refractivity contribution in [3.05, 3.63) is 28.2 Å². The molecule has 1 aromatic carbocycles. The molecule has 2 atom stereocenters. The molecule has 0 saturated carbocycles. The maximum atomic E-state index is 9.00. The monoisotopic (exact) mass is 303 g/mol. The van der Waals surface area contributed by atoms with E-state index < -0.39 is 0 Å². The third kappa shape index (κ3) is 4.09. The molecule has 0 bridgehead atoms. The van der Waals surface area contributed by atoms with Crippen molar-refractivity contribution in [2.75, 3.05) is 12.4 Å². The molecule has 0 heterocycles. The zero-order valence-corrected chi connectivity index (χ0v) is 12.0. The van der Waals surface area contributed by atoms with Crippen molar-refractivity contribution >= 4 is 27.7 Å². The molecule has 1 rings (SSSR count). The van der Waals surface area contributed by atoms with E-state index in [-0.39, 0.29) is 12.6 Å².